The standard InChI is InChI=1S/C16H24FNO2/c1-11(12-7-8-12)18(2)10-9-14(19)16-13(17)5-4-6-15(16)20-3/h4-6,11-12,14,19H,7-10H2,1-3H3. The van der Waals surface area contributed by atoms with Gasteiger partial charge in [0.1, 0.15) is 11.6 Å². The first-order valence-corrected chi connectivity index (χ1v) is 7.25. The summed E-state index contributed by atoms with van der Waals surface area (Å²) in [6.07, 6.45) is 2.27. The maximum absolute atomic E-state index is 13.9. The zero-order valence-corrected chi connectivity index (χ0v) is 12.5. The molecule has 0 aliphatic heterocycles. The number of hydrogen-bond donors (Lipinski definition) is 1. The van der Waals surface area contributed by atoms with Crippen molar-refractivity contribution in [2.45, 2.75) is 38.3 Å². The van der Waals surface area contributed by atoms with Crippen LogP contribution in [0.1, 0.15) is 37.9 Å². The molecule has 20 heavy (non-hydrogen) atoms. The lowest BCUT2D eigenvalue weighted by Crippen LogP contribution is -2.32. The Morgan fingerprint density at radius 2 is 2.15 bits per heavy atom. The Balaban J connectivity index is 1.96. The highest BCUT2D eigenvalue weighted by molar-refractivity contribution is 5.36. The van der Waals surface area contributed by atoms with Gasteiger partial charge in [-0.15, -0.1) is 0 Å². The molecule has 1 aromatic carbocycles. The molecule has 0 saturated heterocycles. The fourth-order valence-electron chi connectivity index (χ4n) is 2.63. The largest absolute Gasteiger partial charge is 0.496 e. The van der Waals surface area contributed by atoms with Crippen molar-refractivity contribution in [3.8, 4) is 5.75 Å². The Morgan fingerprint density at radius 3 is 2.75 bits per heavy atom. The molecule has 2 unspecified atom stereocenters. The first-order valence-electron chi connectivity index (χ1n) is 7.25. The fraction of sp³-hybridized carbons (Fsp3) is 0.625. The van der Waals surface area contributed by atoms with Crippen LogP contribution in [0.5, 0.6) is 5.75 Å². The predicted molar refractivity (Wildman–Crippen MR) is 77.3 cm³/mol. The molecular formula is C16H24FNO2. The van der Waals surface area contributed by atoms with Crippen LogP contribution < -0.4 is 4.74 Å². The highest BCUT2D eigenvalue weighted by Gasteiger charge is 2.30. The van der Waals surface area contributed by atoms with E-state index < -0.39 is 11.9 Å². The number of nitrogens with zero attached hydrogens (tertiary/aromatic N) is 1. The van der Waals surface area contributed by atoms with Crippen molar-refractivity contribution in [3.63, 3.8) is 0 Å². The van der Waals surface area contributed by atoms with Gasteiger partial charge in [0.25, 0.3) is 0 Å². The molecule has 0 spiro atoms. The Hall–Kier alpha value is -1.13. The van der Waals surface area contributed by atoms with Crippen molar-refractivity contribution in [3.05, 3.63) is 29.6 Å². The maximum atomic E-state index is 13.9. The summed E-state index contributed by atoms with van der Waals surface area (Å²) in [5.74, 6) is 0.797. The Labute approximate surface area is 120 Å². The first kappa shape index (κ1) is 15.3. The average molecular weight is 281 g/mol. The van der Waals surface area contributed by atoms with E-state index in [1.165, 1.54) is 26.0 Å². The molecule has 1 aliphatic carbocycles. The lowest BCUT2D eigenvalue weighted by atomic mass is 10.0. The molecule has 1 saturated carbocycles. The molecule has 1 fully saturated rings. The minimum atomic E-state index is -0.833. The number of hydrogen-bond acceptors (Lipinski definition) is 3. The average Bonchev–Trinajstić information content (AvgIpc) is 3.27. The van der Waals surface area contributed by atoms with Crippen LogP contribution >= 0.6 is 0 Å². The third-order valence-corrected chi connectivity index (χ3v) is 4.32. The third-order valence-electron chi connectivity index (χ3n) is 4.32. The number of rotatable bonds is 7. The zero-order valence-electron chi connectivity index (χ0n) is 12.5. The molecule has 0 radical (unpaired) electrons. The second kappa shape index (κ2) is 6.55. The molecule has 0 heterocycles. The normalized spacial score (nSPS) is 18.1. The summed E-state index contributed by atoms with van der Waals surface area (Å²) in [5.41, 5.74) is 0.266. The van der Waals surface area contributed by atoms with E-state index in [9.17, 15) is 9.50 Å². The highest BCUT2D eigenvalue weighted by atomic mass is 19.1. The molecule has 1 N–H and O–H groups in total. The second-order valence-electron chi connectivity index (χ2n) is 5.72. The van der Waals surface area contributed by atoms with Crippen LogP contribution in [0.4, 0.5) is 4.39 Å². The number of benzene rings is 1. The van der Waals surface area contributed by atoms with Gasteiger partial charge < -0.3 is 14.7 Å². The molecule has 112 valence electrons. The zero-order chi connectivity index (χ0) is 14.7. The van der Waals surface area contributed by atoms with Crippen LogP contribution in [0.15, 0.2) is 18.2 Å². The topological polar surface area (TPSA) is 32.7 Å². The van der Waals surface area contributed by atoms with Gasteiger partial charge in [0.2, 0.25) is 0 Å². The fourth-order valence-corrected chi connectivity index (χ4v) is 2.63. The smallest absolute Gasteiger partial charge is 0.132 e. The first-order chi connectivity index (χ1) is 9.54. The maximum Gasteiger partial charge on any atom is 0.132 e. The van der Waals surface area contributed by atoms with E-state index in [4.69, 9.17) is 4.74 Å². The summed E-state index contributed by atoms with van der Waals surface area (Å²) < 4.78 is 19.0. The Kier molecular flexibility index (Phi) is 5.00. The lowest BCUT2D eigenvalue weighted by Gasteiger charge is -2.26. The van der Waals surface area contributed by atoms with Crippen molar-refractivity contribution in [2.75, 3.05) is 20.7 Å². The summed E-state index contributed by atoms with van der Waals surface area (Å²) in [6, 6.07) is 5.16. The molecule has 0 bridgehead atoms. The number of halogens is 1. The number of methoxy groups -OCH3 is 1. The summed E-state index contributed by atoms with van der Waals surface area (Å²) in [6.45, 7) is 2.96. The third kappa shape index (κ3) is 3.49. The van der Waals surface area contributed by atoms with Gasteiger partial charge in [-0.25, -0.2) is 4.39 Å². The van der Waals surface area contributed by atoms with E-state index in [-0.39, 0.29) is 5.56 Å². The summed E-state index contributed by atoms with van der Waals surface area (Å²) in [7, 11) is 3.56. The van der Waals surface area contributed by atoms with E-state index in [0.717, 1.165) is 12.5 Å². The molecule has 3 nitrogen and oxygen atoms in total. The van der Waals surface area contributed by atoms with Crippen molar-refractivity contribution >= 4 is 0 Å². The van der Waals surface area contributed by atoms with Gasteiger partial charge in [-0.05, 0) is 51.3 Å². The van der Waals surface area contributed by atoms with Crippen molar-refractivity contribution in [2.24, 2.45) is 5.92 Å². The highest BCUT2D eigenvalue weighted by Crippen LogP contribution is 2.35. The second-order valence-corrected chi connectivity index (χ2v) is 5.72. The molecular weight excluding hydrogens is 257 g/mol. The quantitative estimate of drug-likeness (QED) is 0.834. The predicted octanol–water partition coefficient (Wildman–Crippen LogP) is 2.99. The molecule has 1 aliphatic rings. The van der Waals surface area contributed by atoms with E-state index >= 15 is 0 Å². The van der Waals surface area contributed by atoms with Gasteiger partial charge in [-0.2, -0.15) is 0 Å². The minimum absolute atomic E-state index is 0.266. The van der Waals surface area contributed by atoms with Gasteiger partial charge in [-0.1, -0.05) is 6.07 Å². The van der Waals surface area contributed by atoms with Crippen LogP contribution in [0.2, 0.25) is 0 Å². The summed E-state index contributed by atoms with van der Waals surface area (Å²) in [5, 5.41) is 10.3. The van der Waals surface area contributed by atoms with E-state index in [1.807, 2.05) is 0 Å². The molecule has 1 aromatic rings. The molecule has 4 heteroatoms. The molecule has 2 rings (SSSR count). The van der Waals surface area contributed by atoms with Crippen LogP contribution in [0.25, 0.3) is 0 Å². The van der Waals surface area contributed by atoms with Gasteiger partial charge >= 0.3 is 0 Å². The molecule has 0 aromatic heterocycles. The van der Waals surface area contributed by atoms with E-state index in [1.54, 1.807) is 12.1 Å². The van der Waals surface area contributed by atoms with Crippen LogP contribution in [0, 0.1) is 11.7 Å². The van der Waals surface area contributed by atoms with Crippen LogP contribution in [-0.2, 0) is 0 Å². The number of aliphatic hydroxyl groups is 1. The Bertz CT molecular complexity index is 448. The van der Waals surface area contributed by atoms with Gasteiger partial charge in [0.05, 0.1) is 18.8 Å². The molecule has 2 atom stereocenters. The summed E-state index contributed by atoms with van der Waals surface area (Å²) >= 11 is 0. The number of ether oxygens (including phenoxy) is 1. The lowest BCUT2D eigenvalue weighted by molar-refractivity contribution is 0.129. The van der Waals surface area contributed by atoms with Crippen molar-refractivity contribution in [1.29, 1.82) is 0 Å². The van der Waals surface area contributed by atoms with Gasteiger partial charge in [0.15, 0.2) is 0 Å². The van der Waals surface area contributed by atoms with E-state index in [2.05, 4.69) is 18.9 Å². The summed E-state index contributed by atoms with van der Waals surface area (Å²) in [4.78, 5) is 2.24. The minimum Gasteiger partial charge on any atom is -0.496 e. The number of aliphatic hydroxyl groups excluding tert-OH is 1. The van der Waals surface area contributed by atoms with Crippen molar-refractivity contribution < 1.29 is 14.2 Å². The van der Waals surface area contributed by atoms with E-state index in [0.29, 0.717) is 18.2 Å². The van der Waals surface area contributed by atoms with Crippen LogP contribution in [-0.4, -0.2) is 36.8 Å². The van der Waals surface area contributed by atoms with Crippen LogP contribution in [0.3, 0.4) is 0 Å². The molecule has 0 amide bonds. The van der Waals surface area contributed by atoms with Gasteiger partial charge in [-0.3, -0.25) is 0 Å². The van der Waals surface area contributed by atoms with Gasteiger partial charge in [0, 0.05) is 12.6 Å². The monoisotopic (exact) mass is 281 g/mol. The van der Waals surface area contributed by atoms with Crippen molar-refractivity contribution in [1.82, 2.24) is 4.90 Å². The SMILES string of the molecule is COc1cccc(F)c1C(O)CCN(C)C(C)C1CC1. The Morgan fingerprint density at radius 1 is 1.45 bits per heavy atom.